The maximum Gasteiger partial charge on any atom is 0.122 e. The fourth-order valence-electron chi connectivity index (χ4n) is 2.77. The van der Waals surface area contributed by atoms with Crippen LogP contribution in [-0.2, 0) is 19.3 Å². The SMILES string of the molecule is CNCCc1c(OC)ccc2c1CCCCC2. The Morgan fingerprint density at radius 3 is 2.76 bits per heavy atom. The zero-order chi connectivity index (χ0) is 12.1. The highest BCUT2D eigenvalue weighted by Crippen LogP contribution is 2.30. The minimum Gasteiger partial charge on any atom is -0.496 e. The molecule has 0 fully saturated rings. The molecule has 94 valence electrons. The Hall–Kier alpha value is -1.02. The van der Waals surface area contributed by atoms with Crippen molar-refractivity contribution < 1.29 is 4.74 Å². The molecule has 17 heavy (non-hydrogen) atoms. The van der Waals surface area contributed by atoms with E-state index in [1.54, 1.807) is 18.2 Å². The summed E-state index contributed by atoms with van der Waals surface area (Å²) in [5, 5.41) is 3.23. The third-order valence-electron chi connectivity index (χ3n) is 3.70. The summed E-state index contributed by atoms with van der Waals surface area (Å²) < 4.78 is 5.52. The third-order valence-corrected chi connectivity index (χ3v) is 3.70. The Kier molecular flexibility index (Phi) is 4.43. The lowest BCUT2D eigenvalue weighted by Crippen LogP contribution is -2.13. The van der Waals surface area contributed by atoms with E-state index in [2.05, 4.69) is 17.4 Å². The van der Waals surface area contributed by atoms with E-state index >= 15 is 0 Å². The first-order valence-electron chi connectivity index (χ1n) is 6.69. The largest absolute Gasteiger partial charge is 0.496 e. The van der Waals surface area contributed by atoms with Gasteiger partial charge in [-0.1, -0.05) is 12.5 Å². The first-order chi connectivity index (χ1) is 8.36. The van der Waals surface area contributed by atoms with E-state index in [4.69, 9.17) is 4.74 Å². The van der Waals surface area contributed by atoms with Crippen LogP contribution in [0.15, 0.2) is 12.1 Å². The Labute approximate surface area is 104 Å². The summed E-state index contributed by atoms with van der Waals surface area (Å²) in [6, 6.07) is 4.41. The Bertz CT molecular complexity index is 373. The lowest BCUT2D eigenvalue weighted by molar-refractivity contribution is 0.408. The summed E-state index contributed by atoms with van der Waals surface area (Å²) in [6.07, 6.45) is 7.57. The second-order valence-corrected chi connectivity index (χ2v) is 4.80. The number of ether oxygens (including phenoxy) is 1. The van der Waals surface area contributed by atoms with E-state index < -0.39 is 0 Å². The molecule has 2 heteroatoms. The molecule has 0 heterocycles. The summed E-state index contributed by atoms with van der Waals surface area (Å²) in [7, 11) is 3.79. The van der Waals surface area contributed by atoms with Gasteiger partial charge in [0, 0.05) is 0 Å². The van der Waals surface area contributed by atoms with Crippen molar-refractivity contribution in [2.75, 3.05) is 20.7 Å². The first kappa shape index (κ1) is 12.4. The van der Waals surface area contributed by atoms with E-state index in [1.165, 1.54) is 37.7 Å². The second kappa shape index (κ2) is 6.06. The van der Waals surface area contributed by atoms with Gasteiger partial charge in [-0.3, -0.25) is 0 Å². The predicted octanol–water partition coefficient (Wildman–Crippen LogP) is 2.73. The van der Waals surface area contributed by atoms with Gasteiger partial charge in [-0.15, -0.1) is 0 Å². The van der Waals surface area contributed by atoms with Crippen molar-refractivity contribution in [2.24, 2.45) is 0 Å². The summed E-state index contributed by atoms with van der Waals surface area (Å²) in [5.41, 5.74) is 4.55. The number of hydrogen-bond donors (Lipinski definition) is 1. The molecule has 1 aliphatic carbocycles. The van der Waals surface area contributed by atoms with E-state index in [0.29, 0.717) is 0 Å². The van der Waals surface area contributed by atoms with Crippen LogP contribution in [0.3, 0.4) is 0 Å². The van der Waals surface area contributed by atoms with Crippen LogP contribution in [-0.4, -0.2) is 20.7 Å². The van der Waals surface area contributed by atoms with Crippen molar-refractivity contribution >= 4 is 0 Å². The molecule has 0 unspecified atom stereocenters. The van der Waals surface area contributed by atoms with E-state index in [1.807, 2.05) is 7.05 Å². The highest BCUT2D eigenvalue weighted by atomic mass is 16.5. The van der Waals surface area contributed by atoms with Gasteiger partial charge in [0.2, 0.25) is 0 Å². The molecule has 0 bridgehead atoms. The van der Waals surface area contributed by atoms with Gasteiger partial charge in [0.1, 0.15) is 5.75 Å². The lowest BCUT2D eigenvalue weighted by atomic mass is 9.94. The Morgan fingerprint density at radius 2 is 2.00 bits per heavy atom. The fourth-order valence-corrected chi connectivity index (χ4v) is 2.77. The topological polar surface area (TPSA) is 21.3 Å². The van der Waals surface area contributed by atoms with Crippen LogP contribution in [0.4, 0.5) is 0 Å². The smallest absolute Gasteiger partial charge is 0.122 e. The van der Waals surface area contributed by atoms with Crippen molar-refractivity contribution in [1.29, 1.82) is 0 Å². The van der Waals surface area contributed by atoms with Crippen molar-refractivity contribution in [3.8, 4) is 5.75 Å². The van der Waals surface area contributed by atoms with Crippen LogP contribution in [0.1, 0.15) is 36.0 Å². The molecule has 0 atom stereocenters. The van der Waals surface area contributed by atoms with Crippen LogP contribution in [0, 0.1) is 0 Å². The molecule has 1 N–H and O–H groups in total. The van der Waals surface area contributed by atoms with Crippen LogP contribution in [0.5, 0.6) is 5.75 Å². The first-order valence-corrected chi connectivity index (χ1v) is 6.69. The van der Waals surface area contributed by atoms with Gasteiger partial charge in [-0.25, -0.2) is 0 Å². The third kappa shape index (κ3) is 2.81. The molecule has 0 saturated heterocycles. The quantitative estimate of drug-likeness (QED) is 0.807. The number of likely N-dealkylation sites (N-methyl/N-ethyl adjacent to an activating group) is 1. The van der Waals surface area contributed by atoms with Crippen LogP contribution < -0.4 is 10.1 Å². The zero-order valence-corrected chi connectivity index (χ0v) is 11.0. The monoisotopic (exact) mass is 233 g/mol. The maximum atomic E-state index is 5.52. The van der Waals surface area contributed by atoms with Gasteiger partial charge < -0.3 is 10.1 Å². The van der Waals surface area contributed by atoms with Gasteiger partial charge in [0.25, 0.3) is 0 Å². The Morgan fingerprint density at radius 1 is 1.18 bits per heavy atom. The van der Waals surface area contributed by atoms with Crippen molar-refractivity contribution in [3.63, 3.8) is 0 Å². The number of methoxy groups -OCH3 is 1. The number of hydrogen-bond acceptors (Lipinski definition) is 2. The van der Waals surface area contributed by atoms with Crippen LogP contribution >= 0.6 is 0 Å². The number of rotatable bonds is 4. The fraction of sp³-hybridized carbons (Fsp3) is 0.600. The minimum atomic E-state index is 1.02. The molecule has 1 aromatic rings. The number of nitrogens with one attached hydrogen (secondary N) is 1. The second-order valence-electron chi connectivity index (χ2n) is 4.80. The van der Waals surface area contributed by atoms with Crippen molar-refractivity contribution in [3.05, 3.63) is 28.8 Å². The van der Waals surface area contributed by atoms with E-state index in [0.717, 1.165) is 18.7 Å². The van der Waals surface area contributed by atoms with Crippen LogP contribution in [0.2, 0.25) is 0 Å². The maximum absolute atomic E-state index is 5.52. The molecule has 0 amide bonds. The zero-order valence-electron chi connectivity index (χ0n) is 11.0. The molecule has 2 rings (SSSR count). The highest BCUT2D eigenvalue weighted by Gasteiger charge is 2.15. The summed E-state index contributed by atoms with van der Waals surface area (Å²) in [4.78, 5) is 0. The molecule has 0 radical (unpaired) electrons. The summed E-state index contributed by atoms with van der Waals surface area (Å²) in [5.74, 6) is 1.07. The normalized spacial score (nSPS) is 15.2. The van der Waals surface area contributed by atoms with Crippen molar-refractivity contribution in [2.45, 2.75) is 38.5 Å². The van der Waals surface area contributed by atoms with Gasteiger partial charge in [-0.2, -0.15) is 0 Å². The molecule has 1 aromatic carbocycles. The molecule has 0 aromatic heterocycles. The lowest BCUT2D eigenvalue weighted by Gasteiger charge is -2.16. The van der Waals surface area contributed by atoms with Gasteiger partial charge in [-0.05, 0) is 68.5 Å². The number of benzene rings is 1. The molecule has 0 aliphatic heterocycles. The molecule has 0 spiro atoms. The number of aryl methyl sites for hydroxylation is 1. The highest BCUT2D eigenvalue weighted by molar-refractivity contribution is 5.46. The average molecular weight is 233 g/mol. The molecular weight excluding hydrogens is 210 g/mol. The minimum absolute atomic E-state index is 1.02. The predicted molar refractivity (Wildman–Crippen MR) is 71.9 cm³/mol. The molecule has 0 saturated carbocycles. The number of fused-ring (bicyclic) bond motifs is 1. The Balaban J connectivity index is 2.36. The van der Waals surface area contributed by atoms with Gasteiger partial charge in [0.05, 0.1) is 7.11 Å². The summed E-state index contributed by atoms with van der Waals surface area (Å²) in [6.45, 7) is 1.02. The van der Waals surface area contributed by atoms with Gasteiger partial charge >= 0.3 is 0 Å². The molecular formula is C15H23NO. The summed E-state index contributed by atoms with van der Waals surface area (Å²) >= 11 is 0. The van der Waals surface area contributed by atoms with Crippen molar-refractivity contribution in [1.82, 2.24) is 5.32 Å². The van der Waals surface area contributed by atoms with E-state index in [9.17, 15) is 0 Å². The standard InChI is InChI=1S/C15H23NO/c1-16-11-10-14-13-7-5-3-4-6-12(13)8-9-15(14)17-2/h8-9,16H,3-7,10-11H2,1-2H3. The average Bonchev–Trinajstić information content (AvgIpc) is 2.60. The molecule has 2 nitrogen and oxygen atoms in total. The molecule has 1 aliphatic rings. The van der Waals surface area contributed by atoms with E-state index in [-0.39, 0.29) is 0 Å². The van der Waals surface area contributed by atoms with Gasteiger partial charge in [0.15, 0.2) is 0 Å². The van der Waals surface area contributed by atoms with Crippen LogP contribution in [0.25, 0.3) is 0 Å².